The van der Waals surface area contributed by atoms with Crippen molar-refractivity contribution in [2.45, 2.75) is 13.0 Å². The molecular formula is C42H16BClF20N2. The van der Waals surface area contributed by atoms with E-state index in [2.05, 4.69) is 39.9 Å². The molecular weight excluding hydrogens is 959 g/mol. The maximum absolute atomic E-state index is 15.4. The van der Waals surface area contributed by atoms with Crippen molar-refractivity contribution >= 4 is 39.6 Å². The van der Waals surface area contributed by atoms with Crippen molar-refractivity contribution in [1.29, 1.82) is 0 Å². The third-order valence-corrected chi connectivity index (χ3v) is 10.3. The summed E-state index contributed by atoms with van der Waals surface area (Å²) in [6.07, 6.45) is -0.631. The highest BCUT2D eigenvalue weighted by Crippen LogP contribution is 2.31. The molecule has 0 saturated carbocycles. The summed E-state index contributed by atoms with van der Waals surface area (Å²) in [5.41, 5.74) is -10.7. The molecule has 6 aromatic carbocycles. The molecule has 0 aliphatic rings. The predicted molar refractivity (Wildman–Crippen MR) is 193 cm³/mol. The molecule has 0 aliphatic heterocycles. The summed E-state index contributed by atoms with van der Waals surface area (Å²) in [4.78, 5) is 4.25. The van der Waals surface area contributed by atoms with Crippen molar-refractivity contribution < 1.29 is 92.4 Å². The normalized spacial score (nSPS) is 11.5. The van der Waals surface area contributed by atoms with Gasteiger partial charge in [-0.25, -0.2) is 87.8 Å². The number of hydrogen-bond acceptors (Lipinski definition) is 1. The molecule has 66 heavy (non-hydrogen) atoms. The fourth-order valence-electron chi connectivity index (χ4n) is 7.23. The summed E-state index contributed by atoms with van der Waals surface area (Å²) < 4.78 is 296. The first-order valence-electron chi connectivity index (χ1n) is 17.9. The Morgan fingerprint density at radius 1 is 0.394 bits per heavy atom. The summed E-state index contributed by atoms with van der Waals surface area (Å²) in [7, 11) is 0. The van der Waals surface area contributed by atoms with E-state index < -0.39 is 144 Å². The third kappa shape index (κ3) is 8.06. The second-order valence-corrected chi connectivity index (χ2v) is 14.2. The quantitative estimate of drug-likeness (QED) is 0.0488. The average molecular weight is 975 g/mol. The maximum atomic E-state index is 15.4. The molecule has 7 rings (SSSR count). The van der Waals surface area contributed by atoms with E-state index in [0.717, 1.165) is 18.0 Å². The SMILES string of the molecule is Clc1cccc(Cc2cncc[n+]2Cc2ccccc2)c1.Fc1c(F)c(F)c([B-](c2c(F)c(F)c(F)c(F)c2F)(c2c(F)c(F)c(F)c(F)c2F)c2c(F)c(F)c(F)c(F)c2F)c(F)c1F. The van der Waals surface area contributed by atoms with E-state index >= 15 is 35.1 Å². The van der Waals surface area contributed by atoms with E-state index in [1.807, 2.05) is 42.9 Å². The van der Waals surface area contributed by atoms with Crippen LogP contribution in [0.15, 0.2) is 73.2 Å². The van der Waals surface area contributed by atoms with E-state index in [1.54, 1.807) is 0 Å². The summed E-state index contributed by atoms with van der Waals surface area (Å²) in [6, 6.07) is 18.4. The van der Waals surface area contributed by atoms with Crippen molar-refractivity contribution in [1.82, 2.24) is 4.98 Å². The minimum absolute atomic E-state index is 0.769. The zero-order valence-electron chi connectivity index (χ0n) is 31.8. The minimum Gasteiger partial charge on any atom is -0.252 e. The van der Waals surface area contributed by atoms with Crippen LogP contribution in [0.4, 0.5) is 87.8 Å². The van der Waals surface area contributed by atoms with Crippen LogP contribution >= 0.6 is 11.6 Å². The molecule has 0 unspecified atom stereocenters. The zero-order chi connectivity index (χ0) is 48.8. The van der Waals surface area contributed by atoms with Crippen molar-refractivity contribution in [2.24, 2.45) is 0 Å². The number of hydrogen-bond donors (Lipinski definition) is 0. The fourth-order valence-corrected chi connectivity index (χ4v) is 7.44. The van der Waals surface area contributed by atoms with Crippen LogP contribution in [0, 0.1) is 116 Å². The first-order chi connectivity index (χ1) is 31.0. The topological polar surface area (TPSA) is 16.8 Å². The molecule has 344 valence electrons. The largest absolute Gasteiger partial charge is 0.252 e. The highest BCUT2D eigenvalue weighted by molar-refractivity contribution is 7.20. The molecule has 0 spiro atoms. The van der Waals surface area contributed by atoms with Crippen LogP contribution in [0.1, 0.15) is 16.8 Å². The molecule has 0 fully saturated rings. The van der Waals surface area contributed by atoms with E-state index in [-0.39, 0.29) is 0 Å². The molecule has 2 nitrogen and oxygen atoms in total. The monoisotopic (exact) mass is 974 g/mol. The van der Waals surface area contributed by atoms with Crippen molar-refractivity contribution in [2.75, 3.05) is 0 Å². The van der Waals surface area contributed by atoms with Gasteiger partial charge in [-0.3, -0.25) is 4.98 Å². The van der Waals surface area contributed by atoms with Crippen molar-refractivity contribution in [3.63, 3.8) is 0 Å². The summed E-state index contributed by atoms with van der Waals surface area (Å²) in [6.45, 7) is 0.846. The average Bonchev–Trinajstić information content (AvgIpc) is 3.30. The number of halogens is 21. The smallest absolute Gasteiger partial charge is 0.204 e. The van der Waals surface area contributed by atoms with Gasteiger partial charge in [0.05, 0.1) is 18.8 Å². The molecule has 1 heterocycles. The Bertz CT molecular complexity index is 2680. The van der Waals surface area contributed by atoms with Gasteiger partial charge in [-0.2, -0.15) is 4.57 Å². The first-order valence-corrected chi connectivity index (χ1v) is 18.2. The number of nitrogens with zero attached hydrogens (tertiary/aromatic N) is 2. The number of aromatic nitrogens is 2. The van der Waals surface area contributed by atoms with Crippen LogP contribution in [0.2, 0.25) is 5.02 Å². The molecule has 0 amide bonds. The second-order valence-electron chi connectivity index (χ2n) is 13.8. The van der Waals surface area contributed by atoms with Gasteiger partial charge in [-0.1, -0.05) is 54.1 Å². The van der Waals surface area contributed by atoms with Gasteiger partial charge in [0.15, 0.2) is 82.5 Å². The summed E-state index contributed by atoms with van der Waals surface area (Å²) in [5.74, 6) is -71.4. The van der Waals surface area contributed by atoms with Crippen LogP contribution < -0.4 is 26.4 Å². The lowest BCUT2D eigenvalue weighted by Crippen LogP contribution is -2.81. The van der Waals surface area contributed by atoms with E-state index in [4.69, 9.17) is 11.6 Å². The minimum atomic E-state index is -7.22. The molecule has 0 radical (unpaired) electrons. The maximum Gasteiger partial charge on any atom is 0.204 e. The van der Waals surface area contributed by atoms with E-state index in [1.165, 1.54) is 16.8 Å². The van der Waals surface area contributed by atoms with Gasteiger partial charge in [0.2, 0.25) is 5.69 Å². The lowest BCUT2D eigenvalue weighted by Gasteiger charge is -2.44. The number of benzene rings is 6. The highest BCUT2D eigenvalue weighted by Gasteiger charge is 2.52. The molecule has 24 heteroatoms. The molecule has 7 aromatic rings. The van der Waals surface area contributed by atoms with Crippen LogP contribution in [-0.2, 0) is 13.0 Å². The van der Waals surface area contributed by atoms with E-state index in [0.29, 0.717) is 0 Å². The standard InChI is InChI=1S/C24BF20.C18H16ClN2/c26-5-1(6(27)14(35)21(42)13(5)34)25(2-7(28)15(36)22(43)16(37)8(2)29,3-9(30)17(38)23(44)18(39)10(3)31)4-11(32)19(40)24(45)20(41)12(4)33;19-17-8-4-7-16(11-17)12-18-13-20-9-10-21(18)14-15-5-2-1-3-6-15/h;1-11,13H,12,14H2/q-1;+1. The fraction of sp³-hybridized carbons (Fsp3) is 0.0476. The Hall–Kier alpha value is -6.65. The molecule has 0 saturated heterocycles. The number of rotatable bonds is 8. The first kappa shape index (κ1) is 48.8. The Morgan fingerprint density at radius 3 is 1.05 bits per heavy atom. The second kappa shape index (κ2) is 18.7. The molecule has 0 bridgehead atoms. The van der Waals surface area contributed by atoms with Crippen molar-refractivity contribution in [3.05, 3.63) is 211 Å². The van der Waals surface area contributed by atoms with Gasteiger partial charge in [0, 0.05) is 10.6 Å². The van der Waals surface area contributed by atoms with Crippen LogP contribution in [0.5, 0.6) is 0 Å². The Morgan fingerprint density at radius 2 is 0.712 bits per heavy atom. The van der Waals surface area contributed by atoms with Crippen LogP contribution in [0.3, 0.4) is 0 Å². The van der Waals surface area contributed by atoms with Crippen molar-refractivity contribution in [3.8, 4) is 0 Å². The van der Waals surface area contributed by atoms with Gasteiger partial charge in [-0.05, 0) is 17.7 Å². The summed E-state index contributed by atoms with van der Waals surface area (Å²) >= 11 is 6.06. The Kier molecular flexibility index (Phi) is 13.8. The third-order valence-electron chi connectivity index (χ3n) is 10.1. The van der Waals surface area contributed by atoms with Gasteiger partial charge in [-0.15, -0.1) is 21.9 Å². The summed E-state index contributed by atoms with van der Waals surface area (Å²) in [5, 5.41) is 0.769. The zero-order valence-corrected chi connectivity index (χ0v) is 32.5. The van der Waals surface area contributed by atoms with Gasteiger partial charge in [0.1, 0.15) is 52.7 Å². The van der Waals surface area contributed by atoms with Crippen LogP contribution in [0.25, 0.3) is 0 Å². The predicted octanol–water partition coefficient (Wildman–Crippen LogP) is 9.51. The Labute approximate surface area is 360 Å². The van der Waals surface area contributed by atoms with Gasteiger partial charge < -0.3 is 0 Å². The molecule has 0 aliphatic carbocycles. The lowest BCUT2D eigenvalue weighted by atomic mass is 9.12. The van der Waals surface area contributed by atoms with Crippen LogP contribution in [-0.4, -0.2) is 11.1 Å². The van der Waals surface area contributed by atoms with Gasteiger partial charge in [0.25, 0.3) is 0 Å². The highest BCUT2D eigenvalue weighted by atomic mass is 35.5. The van der Waals surface area contributed by atoms with Gasteiger partial charge >= 0.3 is 0 Å². The Balaban J connectivity index is 0.000000284. The lowest BCUT2D eigenvalue weighted by molar-refractivity contribution is -0.695. The van der Waals surface area contributed by atoms with E-state index in [9.17, 15) is 52.7 Å². The molecule has 0 atom stereocenters. The molecule has 1 aromatic heterocycles. The molecule has 0 N–H and O–H groups in total.